The Balaban J connectivity index is 1.53. The van der Waals surface area contributed by atoms with Crippen LogP contribution in [0.3, 0.4) is 0 Å². The van der Waals surface area contributed by atoms with Crippen molar-refractivity contribution in [2.45, 2.75) is 44.4 Å². The smallest absolute Gasteiger partial charge is 0.346 e. The quantitative estimate of drug-likeness (QED) is 0.714. The van der Waals surface area contributed by atoms with Crippen molar-refractivity contribution in [3.05, 3.63) is 24.3 Å². The van der Waals surface area contributed by atoms with Crippen LogP contribution in [-0.4, -0.2) is 56.3 Å². The fraction of sp³-hybridized carbons (Fsp3) is 0.500. The van der Waals surface area contributed by atoms with Crippen LogP contribution in [0, 0.1) is 6.92 Å². The average Bonchev–Trinajstić information content (AvgIpc) is 3.29. The normalized spacial score (nSPS) is 20.2. The van der Waals surface area contributed by atoms with E-state index in [2.05, 4.69) is 24.8 Å². The molecule has 0 spiro atoms. The lowest BCUT2D eigenvalue weighted by Gasteiger charge is -2.22. The molecule has 10 heteroatoms. The van der Waals surface area contributed by atoms with Crippen molar-refractivity contribution < 1.29 is 18.0 Å². The number of pyridine rings is 1. The highest BCUT2D eigenvalue weighted by Gasteiger charge is 2.34. The second-order valence-electron chi connectivity index (χ2n) is 7.35. The van der Waals surface area contributed by atoms with Gasteiger partial charge in [-0.3, -0.25) is 0 Å². The van der Waals surface area contributed by atoms with Gasteiger partial charge in [0.25, 0.3) is 0 Å². The number of hydrogen-bond acceptors (Lipinski definition) is 3. The molecule has 4 rings (SSSR count). The molecule has 28 heavy (non-hydrogen) atoms. The maximum atomic E-state index is 12.5. The number of halogens is 3. The standard InChI is InChI=1S/C18H21F3N6O/c1-10-24-14-8-23-16-13(5-6-22-16)15(14)27(10)12-4-3-11(7-12)25-17(28)26(2)9-18(19,20)21/h5-6,8,11-12H,3-4,7,9H2,1-2H3,(H,22,23)(H,25,28). The van der Waals surface area contributed by atoms with Gasteiger partial charge < -0.3 is 19.8 Å². The van der Waals surface area contributed by atoms with Gasteiger partial charge in [0.2, 0.25) is 0 Å². The maximum Gasteiger partial charge on any atom is 0.406 e. The number of urea groups is 1. The van der Waals surface area contributed by atoms with Crippen molar-refractivity contribution in [2.24, 2.45) is 0 Å². The van der Waals surface area contributed by atoms with Crippen LogP contribution >= 0.6 is 0 Å². The molecule has 0 aromatic carbocycles. The van der Waals surface area contributed by atoms with Gasteiger partial charge in [-0.1, -0.05) is 0 Å². The number of carbonyl (C=O) groups excluding carboxylic acids is 1. The van der Waals surface area contributed by atoms with Crippen molar-refractivity contribution in [1.82, 2.24) is 29.7 Å². The van der Waals surface area contributed by atoms with E-state index in [0.717, 1.165) is 41.4 Å². The van der Waals surface area contributed by atoms with E-state index in [1.165, 1.54) is 0 Å². The number of nitrogens with one attached hydrogen (secondary N) is 2. The lowest BCUT2D eigenvalue weighted by molar-refractivity contribution is -0.137. The molecule has 3 aromatic heterocycles. The minimum atomic E-state index is -4.41. The Morgan fingerprint density at radius 3 is 2.96 bits per heavy atom. The first-order chi connectivity index (χ1) is 13.2. The summed E-state index contributed by atoms with van der Waals surface area (Å²) >= 11 is 0. The molecule has 2 unspecified atom stereocenters. The minimum Gasteiger partial charge on any atom is -0.346 e. The first-order valence-electron chi connectivity index (χ1n) is 9.12. The Kier molecular flexibility index (Phi) is 4.43. The van der Waals surface area contributed by atoms with Crippen molar-refractivity contribution in [3.63, 3.8) is 0 Å². The van der Waals surface area contributed by atoms with E-state index in [-0.39, 0.29) is 12.1 Å². The second-order valence-corrected chi connectivity index (χ2v) is 7.35. The number of nitrogens with zero attached hydrogens (tertiary/aromatic N) is 4. The van der Waals surface area contributed by atoms with Gasteiger partial charge in [0.05, 0.1) is 11.7 Å². The zero-order chi connectivity index (χ0) is 20.1. The van der Waals surface area contributed by atoms with Gasteiger partial charge in [-0.05, 0) is 32.3 Å². The molecule has 2 amide bonds. The Morgan fingerprint density at radius 1 is 1.43 bits per heavy atom. The fourth-order valence-corrected chi connectivity index (χ4v) is 4.10. The lowest BCUT2D eigenvalue weighted by Crippen LogP contribution is -2.45. The SMILES string of the molecule is Cc1nc2cnc3[nH]ccc3c2n1C1CCC(NC(=O)N(C)CC(F)(F)F)C1. The van der Waals surface area contributed by atoms with E-state index in [4.69, 9.17) is 0 Å². The van der Waals surface area contributed by atoms with Gasteiger partial charge in [0.15, 0.2) is 0 Å². The Bertz CT molecular complexity index is 1020. The number of imidazole rings is 1. The molecule has 1 fully saturated rings. The van der Waals surface area contributed by atoms with Gasteiger partial charge in [-0.25, -0.2) is 14.8 Å². The number of alkyl halides is 3. The van der Waals surface area contributed by atoms with Gasteiger partial charge in [0.1, 0.15) is 23.5 Å². The molecule has 1 aliphatic carbocycles. The summed E-state index contributed by atoms with van der Waals surface area (Å²) in [6.07, 6.45) is 1.32. The summed E-state index contributed by atoms with van der Waals surface area (Å²) in [5.74, 6) is 0.858. The highest BCUT2D eigenvalue weighted by molar-refractivity contribution is 6.01. The van der Waals surface area contributed by atoms with Crippen LogP contribution in [0.2, 0.25) is 0 Å². The summed E-state index contributed by atoms with van der Waals surface area (Å²) < 4.78 is 39.6. The number of hydrogen-bond donors (Lipinski definition) is 2. The predicted octanol–water partition coefficient (Wildman–Crippen LogP) is 3.52. The largest absolute Gasteiger partial charge is 0.406 e. The third-order valence-corrected chi connectivity index (χ3v) is 5.27. The van der Waals surface area contributed by atoms with Gasteiger partial charge in [-0.2, -0.15) is 13.2 Å². The molecule has 1 saturated carbocycles. The van der Waals surface area contributed by atoms with Crippen molar-refractivity contribution in [3.8, 4) is 0 Å². The monoisotopic (exact) mass is 394 g/mol. The van der Waals surface area contributed by atoms with Gasteiger partial charge in [0, 0.05) is 30.7 Å². The van der Waals surface area contributed by atoms with E-state index in [0.29, 0.717) is 17.7 Å². The summed E-state index contributed by atoms with van der Waals surface area (Å²) in [6.45, 7) is 0.667. The zero-order valence-electron chi connectivity index (χ0n) is 15.5. The molecular formula is C18H21F3N6O. The molecule has 150 valence electrons. The summed E-state index contributed by atoms with van der Waals surface area (Å²) in [5, 5.41) is 3.71. The highest BCUT2D eigenvalue weighted by atomic mass is 19.4. The Hall–Kier alpha value is -2.78. The summed E-state index contributed by atoms with van der Waals surface area (Å²) in [7, 11) is 1.15. The molecule has 7 nitrogen and oxygen atoms in total. The first-order valence-corrected chi connectivity index (χ1v) is 9.12. The average molecular weight is 394 g/mol. The summed E-state index contributed by atoms with van der Waals surface area (Å²) in [5.41, 5.74) is 2.59. The molecule has 0 bridgehead atoms. The van der Waals surface area contributed by atoms with E-state index in [1.807, 2.05) is 19.2 Å². The van der Waals surface area contributed by atoms with Crippen LogP contribution < -0.4 is 5.32 Å². The summed E-state index contributed by atoms with van der Waals surface area (Å²) in [6, 6.07) is 1.20. The fourth-order valence-electron chi connectivity index (χ4n) is 4.10. The third kappa shape index (κ3) is 3.38. The topological polar surface area (TPSA) is 78.8 Å². The number of amides is 2. The second kappa shape index (κ2) is 6.68. The minimum absolute atomic E-state index is 0.115. The number of rotatable bonds is 3. The zero-order valence-corrected chi connectivity index (χ0v) is 15.5. The van der Waals surface area contributed by atoms with Crippen molar-refractivity contribution in [1.29, 1.82) is 0 Å². The number of aromatic amines is 1. The van der Waals surface area contributed by atoms with Crippen LogP contribution in [0.4, 0.5) is 18.0 Å². The Morgan fingerprint density at radius 2 is 2.21 bits per heavy atom. The number of aryl methyl sites for hydroxylation is 1. The van der Waals surface area contributed by atoms with Crippen LogP contribution in [0.25, 0.3) is 22.1 Å². The van der Waals surface area contributed by atoms with E-state index in [9.17, 15) is 18.0 Å². The first kappa shape index (κ1) is 18.6. The number of fused-ring (bicyclic) bond motifs is 3. The van der Waals surface area contributed by atoms with Crippen LogP contribution in [0.1, 0.15) is 31.1 Å². The molecule has 2 N–H and O–H groups in total. The molecular weight excluding hydrogens is 373 g/mol. The number of H-pyrrole nitrogens is 1. The van der Waals surface area contributed by atoms with Crippen LogP contribution in [0.15, 0.2) is 18.5 Å². The molecule has 0 aliphatic heterocycles. The lowest BCUT2D eigenvalue weighted by atomic mass is 10.2. The van der Waals surface area contributed by atoms with Crippen molar-refractivity contribution in [2.75, 3.05) is 13.6 Å². The molecule has 0 radical (unpaired) electrons. The number of aromatic nitrogens is 4. The molecule has 2 atom stereocenters. The molecule has 3 heterocycles. The van der Waals surface area contributed by atoms with Crippen LogP contribution in [0.5, 0.6) is 0 Å². The molecule has 0 saturated heterocycles. The molecule has 3 aromatic rings. The van der Waals surface area contributed by atoms with E-state index < -0.39 is 18.8 Å². The van der Waals surface area contributed by atoms with Gasteiger partial charge in [-0.15, -0.1) is 0 Å². The predicted molar refractivity (Wildman–Crippen MR) is 98.0 cm³/mol. The summed E-state index contributed by atoms with van der Waals surface area (Å²) in [4.78, 5) is 24.8. The number of carbonyl (C=O) groups is 1. The van der Waals surface area contributed by atoms with Crippen molar-refractivity contribution >= 4 is 28.1 Å². The van der Waals surface area contributed by atoms with Crippen LogP contribution in [-0.2, 0) is 0 Å². The van der Waals surface area contributed by atoms with Gasteiger partial charge >= 0.3 is 12.2 Å². The molecule has 1 aliphatic rings. The van der Waals surface area contributed by atoms with E-state index in [1.54, 1.807) is 6.20 Å². The van der Waals surface area contributed by atoms with E-state index >= 15 is 0 Å². The third-order valence-electron chi connectivity index (χ3n) is 5.27. The Labute approximate surface area is 158 Å². The maximum absolute atomic E-state index is 12.5. The highest BCUT2D eigenvalue weighted by Crippen LogP contribution is 2.36.